The molecule has 4 N–H and O–H groups in total. The highest BCUT2D eigenvalue weighted by Crippen LogP contribution is 2.40. The van der Waals surface area contributed by atoms with E-state index in [-0.39, 0.29) is 30.0 Å². The highest BCUT2D eigenvalue weighted by atomic mass is 16.5. The number of nitrogens with zero attached hydrogens (tertiary/aromatic N) is 1. The van der Waals surface area contributed by atoms with E-state index < -0.39 is 17.9 Å². The van der Waals surface area contributed by atoms with Crippen LogP contribution in [0.3, 0.4) is 0 Å². The largest absolute Gasteiger partial charge is 0.506 e. The topological polar surface area (TPSA) is 117 Å². The van der Waals surface area contributed by atoms with Crippen LogP contribution in [-0.4, -0.2) is 50.9 Å². The number of ether oxygens (including phenoxy) is 1. The summed E-state index contributed by atoms with van der Waals surface area (Å²) < 4.78 is 7.00. The van der Waals surface area contributed by atoms with E-state index >= 15 is 0 Å². The third-order valence-electron chi connectivity index (χ3n) is 5.86. The maximum Gasteiger partial charge on any atom is 0.259 e. The lowest BCUT2D eigenvalue weighted by Gasteiger charge is -2.13. The minimum absolute atomic E-state index is 0.0151. The lowest BCUT2D eigenvalue weighted by atomic mass is 9.95. The molecule has 8 heteroatoms. The number of phenolic OH excluding ortho intramolecular Hbond substituents is 1. The van der Waals surface area contributed by atoms with E-state index in [0.29, 0.717) is 28.6 Å². The van der Waals surface area contributed by atoms with Crippen LogP contribution < -0.4 is 5.32 Å². The Bertz CT molecular complexity index is 1430. The molecule has 2 amide bonds. The molecule has 0 saturated heterocycles. The van der Waals surface area contributed by atoms with E-state index in [1.165, 1.54) is 0 Å². The number of benzene rings is 2. The van der Waals surface area contributed by atoms with Gasteiger partial charge in [0.05, 0.1) is 35.9 Å². The maximum absolute atomic E-state index is 13.0. The summed E-state index contributed by atoms with van der Waals surface area (Å²) in [5.74, 6) is -0.962. The summed E-state index contributed by atoms with van der Waals surface area (Å²) in [6, 6.07) is 12.6. The number of aromatic amines is 1. The zero-order chi connectivity index (χ0) is 23.1. The standard InChI is InChI=1S/C25H23N3O5/c1-2-33-13-14(29)11-28-12-18(16-7-5-9-20(30)23(16)28)22-21(24(31)27-25(22)32)17-10-26-19-8-4-3-6-15(17)19/h3-10,12,14,26,29-30H,2,11,13H2,1H3,(H,27,31,32). The second-order valence-corrected chi connectivity index (χ2v) is 7.96. The summed E-state index contributed by atoms with van der Waals surface area (Å²) in [4.78, 5) is 29.0. The summed E-state index contributed by atoms with van der Waals surface area (Å²) in [5.41, 5.74) is 2.97. The molecule has 0 spiro atoms. The fourth-order valence-electron chi connectivity index (χ4n) is 4.46. The minimum atomic E-state index is -0.811. The van der Waals surface area contributed by atoms with Crippen molar-refractivity contribution in [2.45, 2.75) is 19.6 Å². The molecule has 33 heavy (non-hydrogen) atoms. The van der Waals surface area contributed by atoms with Gasteiger partial charge in [-0.05, 0) is 19.1 Å². The lowest BCUT2D eigenvalue weighted by Crippen LogP contribution is -2.22. The predicted molar refractivity (Wildman–Crippen MR) is 124 cm³/mol. The number of phenols is 1. The van der Waals surface area contributed by atoms with Crippen molar-refractivity contribution in [2.75, 3.05) is 13.2 Å². The van der Waals surface area contributed by atoms with E-state index in [1.807, 2.05) is 31.2 Å². The Labute approximate surface area is 189 Å². The van der Waals surface area contributed by atoms with Gasteiger partial charge in [0.25, 0.3) is 11.8 Å². The molecular weight excluding hydrogens is 422 g/mol. The van der Waals surface area contributed by atoms with Gasteiger partial charge in [0.2, 0.25) is 0 Å². The van der Waals surface area contributed by atoms with Crippen LogP contribution in [-0.2, 0) is 20.9 Å². The van der Waals surface area contributed by atoms with Crippen molar-refractivity contribution in [1.29, 1.82) is 0 Å². The predicted octanol–water partition coefficient (Wildman–Crippen LogP) is 2.79. The van der Waals surface area contributed by atoms with Gasteiger partial charge in [-0.2, -0.15) is 0 Å². The number of H-pyrrole nitrogens is 1. The van der Waals surface area contributed by atoms with Gasteiger partial charge in [-0.15, -0.1) is 0 Å². The van der Waals surface area contributed by atoms with Crippen LogP contribution in [0.2, 0.25) is 0 Å². The summed E-state index contributed by atoms with van der Waals surface area (Å²) in [6.07, 6.45) is 2.61. The highest BCUT2D eigenvalue weighted by molar-refractivity contribution is 6.50. The molecule has 0 saturated carbocycles. The van der Waals surface area contributed by atoms with Crippen molar-refractivity contribution >= 4 is 44.8 Å². The molecule has 5 rings (SSSR count). The number of para-hydroxylation sites is 2. The number of imide groups is 1. The van der Waals surface area contributed by atoms with E-state index in [9.17, 15) is 19.8 Å². The molecular formula is C25H23N3O5. The Hall–Kier alpha value is -3.88. The number of hydrogen-bond acceptors (Lipinski definition) is 5. The summed E-state index contributed by atoms with van der Waals surface area (Å²) in [5, 5.41) is 24.8. The molecule has 1 aliphatic heterocycles. The second kappa shape index (κ2) is 8.23. The average Bonchev–Trinajstić information content (AvgIpc) is 3.46. The number of nitrogens with one attached hydrogen (secondary N) is 2. The summed E-state index contributed by atoms with van der Waals surface area (Å²) in [7, 11) is 0. The molecule has 1 atom stereocenters. The van der Waals surface area contributed by atoms with Gasteiger partial charge in [0, 0.05) is 46.4 Å². The number of carbonyl (C=O) groups is 2. The molecule has 2 aromatic carbocycles. The lowest BCUT2D eigenvalue weighted by molar-refractivity contribution is -0.122. The van der Waals surface area contributed by atoms with Crippen LogP contribution in [0.4, 0.5) is 0 Å². The van der Waals surface area contributed by atoms with Gasteiger partial charge < -0.3 is 24.5 Å². The van der Waals surface area contributed by atoms with Gasteiger partial charge in [-0.1, -0.05) is 30.3 Å². The molecule has 0 fully saturated rings. The van der Waals surface area contributed by atoms with Gasteiger partial charge >= 0.3 is 0 Å². The number of aliphatic hydroxyl groups is 1. The van der Waals surface area contributed by atoms with E-state index in [0.717, 1.165) is 10.9 Å². The first kappa shape index (κ1) is 21.0. The van der Waals surface area contributed by atoms with Crippen LogP contribution >= 0.6 is 0 Å². The molecule has 1 aliphatic rings. The van der Waals surface area contributed by atoms with Crippen molar-refractivity contribution in [2.24, 2.45) is 0 Å². The molecule has 4 aromatic rings. The van der Waals surface area contributed by atoms with Crippen LogP contribution in [0.1, 0.15) is 18.1 Å². The molecule has 1 unspecified atom stereocenters. The van der Waals surface area contributed by atoms with Crippen molar-refractivity contribution in [1.82, 2.24) is 14.9 Å². The van der Waals surface area contributed by atoms with Crippen molar-refractivity contribution < 1.29 is 24.5 Å². The van der Waals surface area contributed by atoms with Crippen molar-refractivity contribution in [3.05, 3.63) is 66.0 Å². The molecule has 3 heterocycles. The van der Waals surface area contributed by atoms with Gasteiger partial charge in [0.1, 0.15) is 5.75 Å². The number of aromatic nitrogens is 2. The Morgan fingerprint density at radius 1 is 1.00 bits per heavy atom. The number of fused-ring (bicyclic) bond motifs is 2. The Balaban J connectivity index is 1.72. The van der Waals surface area contributed by atoms with E-state index in [1.54, 1.807) is 35.2 Å². The first-order chi connectivity index (χ1) is 16.0. The maximum atomic E-state index is 13.0. The van der Waals surface area contributed by atoms with Crippen LogP contribution in [0.5, 0.6) is 5.75 Å². The molecule has 168 valence electrons. The zero-order valence-corrected chi connectivity index (χ0v) is 18.0. The van der Waals surface area contributed by atoms with E-state index in [4.69, 9.17) is 4.74 Å². The van der Waals surface area contributed by atoms with Crippen LogP contribution in [0.25, 0.3) is 33.0 Å². The molecule has 0 bridgehead atoms. The number of aliphatic hydroxyl groups excluding tert-OH is 1. The normalized spacial score (nSPS) is 15.1. The number of hydrogen-bond donors (Lipinski definition) is 4. The number of carbonyl (C=O) groups excluding carboxylic acids is 2. The van der Waals surface area contributed by atoms with Gasteiger partial charge in [-0.3, -0.25) is 14.9 Å². The van der Waals surface area contributed by atoms with Crippen molar-refractivity contribution in [3.63, 3.8) is 0 Å². The molecule has 2 aromatic heterocycles. The monoisotopic (exact) mass is 445 g/mol. The number of amides is 2. The second-order valence-electron chi connectivity index (χ2n) is 7.96. The third-order valence-corrected chi connectivity index (χ3v) is 5.86. The Morgan fingerprint density at radius 3 is 2.52 bits per heavy atom. The van der Waals surface area contributed by atoms with Gasteiger partial charge in [0.15, 0.2) is 0 Å². The molecule has 0 radical (unpaired) electrons. The van der Waals surface area contributed by atoms with Gasteiger partial charge in [-0.25, -0.2) is 0 Å². The minimum Gasteiger partial charge on any atom is -0.506 e. The number of aromatic hydroxyl groups is 1. The number of rotatable bonds is 7. The van der Waals surface area contributed by atoms with Crippen LogP contribution in [0.15, 0.2) is 54.9 Å². The fourth-order valence-corrected chi connectivity index (χ4v) is 4.46. The first-order valence-electron chi connectivity index (χ1n) is 10.7. The SMILES string of the molecule is CCOCC(O)Cn1cc(C2=C(c3c[nH]c4ccccc34)C(=O)NC2=O)c2cccc(O)c21. The van der Waals surface area contributed by atoms with Crippen LogP contribution in [0, 0.1) is 0 Å². The average molecular weight is 445 g/mol. The van der Waals surface area contributed by atoms with E-state index in [2.05, 4.69) is 10.3 Å². The fraction of sp³-hybridized carbons (Fsp3) is 0.200. The molecule has 8 nitrogen and oxygen atoms in total. The highest BCUT2D eigenvalue weighted by Gasteiger charge is 2.35. The van der Waals surface area contributed by atoms with Crippen molar-refractivity contribution in [3.8, 4) is 5.75 Å². The Morgan fingerprint density at radius 2 is 1.73 bits per heavy atom. The summed E-state index contributed by atoms with van der Waals surface area (Å²) >= 11 is 0. The smallest absolute Gasteiger partial charge is 0.259 e. The first-order valence-corrected chi connectivity index (χ1v) is 10.7. The summed E-state index contributed by atoms with van der Waals surface area (Å²) in [6.45, 7) is 2.61. The third kappa shape index (κ3) is 3.49. The quantitative estimate of drug-likeness (QED) is 0.327. The Kier molecular flexibility index (Phi) is 5.24. The molecule has 0 aliphatic carbocycles. The zero-order valence-electron chi connectivity index (χ0n) is 18.0.